The summed E-state index contributed by atoms with van der Waals surface area (Å²) in [5, 5.41) is 19.6. The van der Waals surface area contributed by atoms with E-state index in [9.17, 15) is 57.5 Å². The van der Waals surface area contributed by atoms with Crippen molar-refractivity contribution < 1.29 is 86.0 Å². The topological polar surface area (TPSA) is 383 Å². The largest absolute Gasteiger partial charge is 0.495 e. The van der Waals surface area contributed by atoms with Gasteiger partial charge in [0, 0.05) is 133 Å². The Kier molecular flexibility index (Phi) is 31.0. The molecule has 566 valence electrons. The maximum atomic E-state index is 14.2. The summed E-state index contributed by atoms with van der Waals surface area (Å²) in [6.45, 7) is 16.4. The van der Waals surface area contributed by atoms with Crippen LogP contribution in [0.15, 0.2) is 85.0 Å². The lowest BCUT2D eigenvalue weighted by molar-refractivity contribution is -0.157. The van der Waals surface area contributed by atoms with E-state index in [0.717, 1.165) is 28.2 Å². The van der Waals surface area contributed by atoms with Crippen molar-refractivity contribution in [3.05, 3.63) is 112 Å². The number of carbonyl (C=O) groups is 12. The molecule has 2 saturated heterocycles. The zero-order chi connectivity index (χ0) is 75.8. The smallest absolute Gasteiger partial charge is 0.410 e. The number of benzene rings is 3. The Morgan fingerprint density at radius 1 is 0.808 bits per heavy atom. The van der Waals surface area contributed by atoms with Gasteiger partial charge in [0.15, 0.2) is 5.78 Å². The van der Waals surface area contributed by atoms with Crippen LogP contribution in [-0.2, 0) is 86.5 Å². The number of ether oxygens (including phenoxy) is 6. The minimum absolute atomic E-state index is 0.00660. The maximum absolute atomic E-state index is 14.2. The number of primary amides is 1. The first kappa shape index (κ1) is 81.8. The molecule has 0 saturated carbocycles. The molecule has 4 heterocycles. The van der Waals surface area contributed by atoms with Crippen molar-refractivity contribution in [1.29, 1.82) is 0 Å². The van der Waals surface area contributed by atoms with Crippen molar-refractivity contribution in [2.24, 2.45) is 34.8 Å². The highest BCUT2D eigenvalue weighted by molar-refractivity contribution is 6.32. The Hall–Kier alpha value is -9.45. The summed E-state index contributed by atoms with van der Waals surface area (Å²) in [7, 11) is 1.49. The number of halogens is 1. The molecule has 2 fully saturated rings. The number of urea groups is 1. The molecular weight excluding hydrogens is 1370 g/mol. The predicted molar refractivity (Wildman–Crippen MR) is 383 cm³/mol. The first-order valence-corrected chi connectivity index (χ1v) is 35.6. The standard InChI is InChI=1S/C74H100ClN11O18/c1-44(2)36-56-70(95)103-58(13-10-14-62(90)82-55(38-49-17-22-59(99-9)54(75)37-49)69(94)79-43-74(7,8)71(96)83-56)46(5)66-67(104-66)50-18-15-48(16-19-50)41-84-29-31-85(32-30-84)73(98)102-42-52-20-21-53(40-60(52)101-35-34-100-33-27-77-61(89)25-28-86-63(91)23-24-64(86)92)81-68(93)51(12-11-26-78-72(76)97)39-57(88)65(45(3)4)80-47(6)87/h10,14-24,37,40,44-46,51,55-56,58,65-67H,11-13,25-36,38-39,41-43H2,1-9H3,(H,77,89)(H,79,94)(H,80,87)(H,81,93)(H,82,90)(H,83,96)(H3,76,78,97)/b14-10+/t46-,51+,55+,56-,58-,65-,66+,67+/m0/s1. The van der Waals surface area contributed by atoms with E-state index >= 15 is 0 Å². The van der Waals surface area contributed by atoms with Crippen molar-refractivity contribution in [3.63, 3.8) is 0 Å². The number of nitrogens with two attached hydrogens (primary N) is 1. The third-order valence-corrected chi connectivity index (χ3v) is 18.5. The van der Waals surface area contributed by atoms with Gasteiger partial charge in [-0.2, -0.15) is 0 Å². The van der Waals surface area contributed by atoms with E-state index in [1.807, 2.05) is 45.0 Å². The van der Waals surface area contributed by atoms with Gasteiger partial charge in [0.05, 0.1) is 42.9 Å². The third-order valence-electron chi connectivity index (χ3n) is 18.2. The van der Waals surface area contributed by atoms with E-state index < -0.39 is 95.0 Å². The molecule has 0 spiro atoms. The normalized spacial score (nSPS) is 20.6. The first-order valence-electron chi connectivity index (χ1n) is 35.2. The quantitative estimate of drug-likeness (QED) is 0.0170. The second kappa shape index (κ2) is 39.4. The van der Waals surface area contributed by atoms with Gasteiger partial charge in [-0.25, -0.2) is 14.4 Å². The number of imide groups is 1. The van der Waals surface area contributed by atoms with Crippen LogP contribution < -0.4 is 52.4 Å². The molecule has 0 aliphatic carbocycles. The Morgan fingerprint density at radius 2 is 1.52 bits per heavy atom. The number of amides is 11. The van der Waals surface area contributed by atoms with Crippen molar-refractivity contribution >= 4 is 88.4 Å². The third kappa shape index (κ3) is 25.5. The van der Waals surface area contributed by atoms with Crippen molar-refractivity contribution in [1.82, 2.24) is 46.6 Å². The van der Waals surface area contributed by atoms with Crippen molar-refractivity contribution in [2.75, 3.05) is 84.6 Å². The number of hydrogen-bond donors (Lipinski definition) is 8. The average Bonchev–Trinajstić information content (AvgIpc) is 1.62. The van der Waals surface area contributed by atoms with Crippen LogP contribution in [0.3, 0.4) is 0 Å². The molecule has 0 aromatic heterocycles. The Morgan fingerprint density at radius 3 is 2.18 bits per heavy atom. The van der Waals surface area contributed by atoms with Gasteiger partial charge in [-0.15, -0.1) is 0 Å². The summed E-state index contributed by atoms with van der Waals surface area (Å²) in [5.41, 5.74) is 7.42. The van der Waals surface area contributed by atoms with Gasteiger partial charge in [-0.1, -0.05) is 82.6 Å². The Labute approximate surface area is 611 Å². The van der Waals surface area contributed by atoms with E-state index in [4.69, 9.17) is 45.8 Å². The fraction of sp³-hybridized carbons (Fsp3) is 0.541. The molecule has 0 radical (unpaired) electrons. The lowest BCUT2D eigenvalue weighted by atomic mass is 9.89. The minimum Gasteiger partial charge on any atom is -0.495 e. The summed E-state index contributed by atoms with van der Waals surface area (Å²) >= 11 is 6.42. The Balaban J connectivity index is 0.948. The number of anilines is 1. The van der Waals surface area contributed by atoms with E-state index in [2.05, 4.69) is 42.1 Å². The number of esters is 1. The summed E-state index contributed by atoms with van der Waals surface area (Å²) in [6, 6.07) is 14.3. The van der Waals surface area contributed by atoms with Crippen LogP contribution in [0.25, 0.3) is 0 Å². The van der Waals surface area contributed by atoms with E-state index in [-0.39, 0.29) is 139 Å². The summed E-state index contributed by atoms with van der Waals surface area (Å²) in [4.78, 5) is 161. The predicted octanol–water partition coefficient (Wildman–Crippen LogP) is 5.10. The van der Waals surface area contributed by atoms with Crippen molar-refractivity contribution in [2.45, 2.75) is 150 Å². The minimum atomic E-state index is -1.18. The van der Waals surface area contributed by atoms with E-state index in [1.54, 1.807) is 75.1 Å². The number of piperazine rings is 1. The number of methoxy groups -OCH3 is 1. The molecule has 3 aromatic rings. The number of carbonyl (C=O) groups excluding carboxylic acids is 12. The second-order valence-electron chi connectivity index (χ2n) is 27.8. The molecule has 3 aromatic carbocycles. The number of nitrogens with zero attached hydrogens (tertiary/aromatic N) is 3. The van der Waals surface area contributed by atoms with Crippen molar-refractivity contribution in [3.8, 4) is 11.5 Å². The highest BCUT2D eigenvalue weighted by Gasteiger charge is 2.48. The monoisotopic (exact) mass is 1470 g/mol. The van der Waals surface area contributed by atoms with Gasteiger partial charge >= 0.3 is 18.1 Å². The van der Waals surface area contributed by atoms with Crippen LogP contribution in [0.1, 0.15) is 122 Å². The second-order valence-corrected chi connectivity index (χ2v) is 28.2. The summed E-state index contributed by atoms with van der Waals surface area (Å²) in [5.74, 6) is -5.61. The molecule has 7 rings (SSSR count). The van der Waals surface area contributed by atoms with Crippen LogP contribution >= 0.6 is 11.6 Å². The van der Waals surface area contributed by atoms with Crippen LogP contribution in [0, 0.1) is 29.1 Å². The fourth-order valence-electron chi connectivity index (χ4n) is 12.1. The molecule has 4 aliphatic rings. The highest BCUT2D eigenvalue weighted by atomic mass is 35.5. The summed E-state index contributed by atoms with van der Waals surface area (Å²) in [6.07, 6.45) is 3.84. The van der Waals surface area contributed by atoms with Crippen LogP contribution in [0.2, 0.25) is 5.02 Å². The van der Waals surface area contributed by atoms with Gasteiger partial charge in [-0.3, -0.25) is 53.0 Å². The zero-order valence-corrected chi connectivity index (χ0v) is 61.4. The Bertz CT molecular complexity index is 3600. The van der Waals surface area contributed by atoms with Gasteiger partial charge in [0.25, 0.3) is 11.8 Å². The molecule has 4 aliphatic heterocycles. The molecule has 104 heavy (non-hydrogen) atoms. The number of epoxide rings is 1. The van der Waals surface area contributed by atoms with E-state index in [1.165, 1.54) is 20.1 Å². The van der Waals surface area contributed by atoms with Gasteiger partial charge in [0.2, 0.25) is 35.4 Å². The number of rotatable bonds is 33. The average molecular weight is 1470 g/mol. The fourth-order valence-corrected chi connectivity index (χ4v) is 12.4. The lowest BCUT2D eigenvalue weighted by Crippen LogP contribution is -2.54. The lowest BCUT2D eigenvalue weighted by Gasteiger charge is -2.34. The molecule has 0 bridgehead atoms. The summed E-state index contributed by atoms with van der Waals surface area (Å²) < 4.78 is 35.6. The number of ketones is 1. The molecule has 30 heteroatoms. The SMILES string of the molecule is COc1ccc(C[C@H]2NC(=O)/C=C/C[C@@H]([C@H](C)[C@H]3O[C@@H]3c3ccc(CN4CCN(C(=O)OCc5ccc(NC(=O)[C@H](CCCNC(N)=O)CC(=O)[C@@H](NC(C)=O)C(C)C)cc5OCCOCCNC(=O)CCN5C(=O)C=CC5=O)CC4)cc3)OC(=O)[C@H](CC(C)C)NC(=O)C(C)(C)CNC2=O)cc1Cl. The molecule has 11 amide bonds. The number of hydrogen-bond acceptors (Lipinski definition) is 19. The zero-order valence-electron chi connectivity index (χ0n) is 60.6. The van der Waals surface area contributed by atoms with Crippen LogP contribution in [0.4, 0.5) is 15.3 Å². The highest BCUT2D eigenvalue weighted by Crippen LogP contribution is 2.45. The van der Waals surface area contributed by atoms with Gasteiger partial charge < -0.3 is 76.3 Å². The first-order chi connectivity index (χ1) is 49.5. The molecule has 8 atom stereocenters. The van der Waals surface area contributed by atoms with Crippen LogP contribution in [-0.4, -0.2) is 195 Å². The maximum Gasteiger partial charge on any atom is 0.410 e. The molecule has 29 nitrogen and oxygen atoms in total. The molecule has 0 unspecified atom stereocenters. The number of cyclic esters (lactones) is 1. The van der Waals surface area contributed by atoms with Gasteiger partial charge in [-0.05, 0) is 92.0 Å². The van der Waals surface area contributed by atoms with Gasteiger partial charge in [0.1, 0.15) is 49.0 Å². The number of nitrogens with one attached hydrogen (secondary N) is 7. The molecular formula is C74H100ClN11O18. The van der Waals surface area contributed by atoms with E-state index in [0.29, 0.717) is 66.7 Å². The number of Topliss-reactive ketones (excluding diaryl/α,β-unsaturated/α-hetero) is 1. The van der Waals surface area contributed by atoms with Crippen LogP contribution in [0.5, 0.6) is 11.5 Å². The molecule has 9 N–H and O–H groups in total.